The zero-order chi connectivity index (χ0) is 22.4. The van der Waals surface area contributed by atoms with Crippen LogP contribution in [0.25, 0.3) is 16.6 Å². The summed E-state index contributed by atoms with van der Waals surface area (Å²) in [5.74, 6) is -0.357. The Kier molecular flexibility index (Phi) is 4.80. The number of carbonyl (C=O) groups is 1. The molecule has 6 rings (SSSR count). The summed E-state index contributed by atoms with van der Waals surface area (Å²) in [4.78, 5) is 35.2. The van der Waals surface area contributed by atoms with Crippen LogP contribution in [-0.4, -0.2) is 44.8 Å². The molecule has 1 amide bonds. The van der Waals surface area contributed by atoms with Crippen molar-refractivity contribution < 1.29 is 4.79 Å². The fourth-order valence-electron chi connectivity index (χ4n) is 5.25. The van der Waals surface area contributed by atoms with Crippen molar-refractivity contribution in [3.05, 3.63) is 82.0 Å². The van der Waals surface area contributed by atoms with E-state index < -0.39 is 0 Å². The fourth-order valence-corrected chi connectivity index (χ4v) is 5.25. The molecule has 1 saturated carbocycles. The number of rotatable bonds is 6. The molecule has 2 N–H and O–H groups in total. The molecule has 2 aliphatic rings. The third-order valence-corrected chi connectivity index (χ3v) is 7.23. The van der Waals surface area contributed by atoms with Crippen molar-refractivity contribution in [2.24, 2.45) is 5.41 Å². The second-order valence-corrected chi connectivity index (χ2v) is 9.62. The Balaban J connectivity index is 1.09. The Morgan fingerprint density at radius 3 is 2.82 bits per heavy atom. The number of nitrogens with zero attached hydrogens (tertiary/aromatic N) is 3. The van der Waals surface area contributed by atoms with E-state index in [1.54, 1.807) is 24.4 Å². The standard InChI is InChI=1S/C26H27N5O2/c32-24-14-22(29-23-4-1-2-10-31(23)24)25(33)27-15-18-5-6-19-13-20(28-21(19)12-18)7-11-30-16-26(17-30)8-3-9-26/h1-2,4-6,10,12-14,28H,3,7-9,11,15-17H2,(H,27,33). The summed E-state index contributed by atoms with van der Waals surface area (Å²) in [5, 5.41) is 4.07. The molecule has 0 unspecified atom stereocenters. The molecule has 1 aliphatic carbocycles. The van der Waals surface area contributed by atoms with Crippen molar-refractivity contribution in [3.8, 4) is 0 Å². The smallest absolute Gasteiger partial charge is 0.270 e. The van der Waals surface area contributed by atoms with E-state index in [-0.39, 0.29) is 17.2 Å². The van der Waals surface area contributed by atoms with Gasteiger partial charge in [0.1, 0.15) is 11.3 Å². The summed E-state index contributed by atoms with van der Waals surface area (Å²) < 4.78 is 1.42. The molecular weight excluding hydrogens is 414 g/mol. The number of pyridine rings is 1. The van der Waals surface area contributed by atoms with E-state index in [9.17, 15) is 9.59 Å². The van der Waals surface area contributed by atoms with Crippen molar-refractivity contribution in [3.63, 3.8) is 0 Å². The Morgan fingerprint density at radius 1 is 1.12 bits per heavy atom. The lowest BCUT2D eigenvalue weighted by Crippen LogP contribution is -2.59. The highest BCUT2D eigenvalue weighted by Gasteiger charge is 2.46. The van der Waals surface area contributed by atoms with Crippen LogP contribution in [0.5, 0.6) is 0 Å². The average molecular weight is 442 g/mol. The van der Waals surface area contributed by atoms with Crippen LogP contribution >= 0.6 is 0 Å². The van der Waals surface area contributed by atoms with Crippen LogP contribution in [0.15, 0.2) is 59.5 Å². The number of benzene rings is 1. The van der Waals surface area contributed by atoms with E-state index in [2.05, 4.69) is 38.4 Å². The predicted molar refractivity (Wildman–Crippen MR) is 127 cm³/mol. The van der Waals surface area contributed by atoms with Gasteiger partial charge in [-0.3, -0.25) is 14.0 Å². The number of carbonyl (C=O) groups excluding carboxylic acids is 1. The number of hydrogen-bond acceptors (Lipinski definition) is 4. The summed E-state index contributed by atoms with van der Waals surface area (Å²) >= 11 is 0. The molecule has 7 nitrogen and oxygen atoms in total. The molecule has 1 aliphatic heterocycles. The lowest BCUT2D eigenvalue weighted by atomic mass is 9.63. The third kappa shape index (κ3) is 3.82. The van der Waals surface area contributed by atoms with Crippen molar-refractivity contribution >= 4 is 22.5 Å². The number of aromatic amines is 1. The van der Waals surface area contributed by atoms with Gasteiger partial charge in [-0.15, -0.1) is 0 Å². The highest BCUT2D eigenvalue weighted by Crippen LogP contribution is 2.47. The van der Waals surface area contributed by atoms with Crippen LogP contribution in [0.2, 0.25) is 0 Å². The summed E-state index contributed by atoms with van der Waals surface area (Å²) in [7, 11) is 0. The first-order chi connectivity index (χ1) is 16.1. The monoisotopic (exact) mass is 441 g/mol. The summed E-state index contributed by atoms with van der Waals surface area (Å²) in [6.45, 7) is 4.02. The number of fused-ring (bicyclic) bond motifs is 2. The fraction of sp³-hybridized carbons (Fsp3) is 0.346. The van der Waals surface area contributed by atoms with Crippen LogP contribution in [-0.2, 0) is 13.0 Å². The van der Waals surface area contributed by atoms with E-state index >= 15 is 0 Å². The number of hydrogen-bond donors (Lipinski definition) is 2. The van der Waals surface area contributed by atoms with Crippen molar-refractivity contribution in [1.29, 1.82) is 0 Å². The van der Waals surface area contributed by atoms with Crippen molar-refractivity contribution in [2.45, 2.75) is 32.2 Å². The van der Waals surface area contributed by atoms with Gasteiger partial charge < -0.3 is 15.2 Å². The van der Waals surface area contributed by atoms with E-state index in [0.717, 1.165) is 24.0 Å². The minimum Gasteiger partial charge on any atom is -0.358 e. The molecule has 7 heteroatoms. The first-order valence-electron chi connectivity index (χ1n) is 11.7. The van der Waals surface area contributed by atoms with Crippen LogP contribution in [0.1, 0.15) is 41.0 Å². The third-order valence-electron chi connectivity index (χ3n) is 7.23. The summed E-state index contributed by atoms with van der Waals surface area (Å²) in [5.41, 5.74) is 4.32. The van der Waals surface area contributed by atoms with Crippen LogP contribution in [0.4, 0.5) is 0 Å². The molecule has 1 saturated heterocycles. The van der Waals surface area contributed by atoms with Gasteiger partial charge in [0.25, 0.3) is 11.5 Å². The molecule has 0 radical (unpaired) electrons. The lowest BCUT2D eigenvalue weighted by molar-refractivity contribution is -0.0587. The molecule has 2 fully saturated rings. The summed E-state index contributed by atoms with van der Waals surface area (Å²) in [6.07, 6.45) is 6.92. The van der Waals surface area contributed by atoms with Gasteiger partial charge >= 0.3 is 0 Å². The molecule has 0 bridgehead atoms. The molecule has 1 spiro atoms. The number of H-pyrrole nitrogens is 1. The van der Waals surface area contributed by atoms with Gasteiger partial charge in [0.05, 0.1) is 0 Å². The molecule has 4 aromatic rings. The van der Waals surface area contributed by atoms with Gasteiger partial charge in [0.15, 0.2) is 0 Å². The van der Waals surface area contributed by atoms with Gasteiger partial charge in [-0.2, -0.15) is 0 Å². The Hall–Kier alpha value is -3.45. The van der Waals surface area contributed by atoms with E-state index in [4.69, 9.17) is 0 Å². The number of amides is 1. The van der Waals surface area contributed by atoms with Gasteiger partial charge in [0.2, 0.25) is 0 Å². The van der Waals surface area contributed by atoms with Gasteiger partial charge in [0, 0.05) is 56.1 Å². The highest BCUT2D eigenvalue weighted by molar-refractivity contribution is 5.92. The zero-order valence-electron chi connectivity index (χ0n) is 18.5. The maximum Gasteiger partial charge on any atom is 0.270 e. The second-order valence-electron chi connectivity index (χ2n) is 9.62. The SMILES string of the molecule is O=C(NCc1ccc2cc(CCN3CC4(CCC4)C3)[nH]c2c1)c1cc(=O)n2ccccc2n1. The van der Waals surface area contributed by atoms with Gasteiger partial charge in [-0.25, -0.2) is 4.98 Å². The van der Waals surface area contributed by atoms with E-state index in [1.807, 2.05) is 6.07 Å². The Bertz CT molecular complexity index is 1410. The zero-order valence-corrected chi connectivity index (χ0v) is 18.5. The number of nitrogens with one attached hydrogen (secondary N) is 2. The lowest BCUT2D eigenvalue weighted by Gasteiger charge is -2.56. The average Bonchev–Trinajstić information content (AvgIpc) is 3.17. The predicted octanol–water partition coefficient (Wildman–Crippen LogP) is 3.13. The maximum atomic E-state index is 12.6. The Morgan fingerprint density at radius 2 is 2.00 bits per heavy atom. The molecule has 3 aromatic heterocycles. The molecule has 168 valence electrons. The van der Waals surface area contributed by atoms with Crippen molar-refractivity contribution in [1.82, 2.24) is 24.6 Å². The summed E-state index contributed by atoms with van der Waals surface area (Å²) in [6, 6.07) is 14.9. The molecule has 33 heavy (non-hydrogen) atoms. The maximum absolute atomic E-state index is 12.6. The normalized spacial score (nSPS) is 17.2. The quantitative estimate of drug-likeness (QED) is 0.482. The van der Waals surface area contributed by atoms with Crippen LogP contribution in [0, 0.1) is 5.41 Å². The number of aromatic nitrogens is 3. The second kappa shape index (κ2) is 7.85. The highest BCUT2D eigenvalue weighted by atomic mass is 16.2. The first-order valence-corrected chi connectivity index (χ1v) is 11.7. The molecule has 0 atom stereocenters. The van der Waals surface area contributed by atoms with Crippen LogP contribution < -0.4 is 10.9 Å². The van der Waals surface area contributed by atoms with E-state index in [0.29, 0.717) is 17.6 Å². The minimum atomic E-state index is -0.357. The van der Waals surface area contributed by atoms with Gasteiger partial charge in [-0.1, -0.05) is 24.6 Å². The van der Waals surface area contributed by atoms with Crippen LogP contribution in [0.3, 0.4) is 0 Å². The molecule has 4 heterocycles. The van der Waals surface area contributed by atoms with E-state index in [1.165, 1.54) is 53.9 Å². The van der Waals surface area contributed by atoms with Gasteiger partial charge in [-0.05, 0) is 53.5 Å². The topological polar surface area (TPSA) is 82.5 Å². The Labute approximate surface area is 191 Å². The molecular formula is C26H27N5O2. The number of likely N-dealkylation sites (tertiary alicyclic amines) is 1. The minimum absolute atomic E-state index is 0.129. The first kappa shape index (κ1) is 20.2. The van der Waals surface area contributed by atoms with Crippen molar-refractivity contribution in [2.75, 3.05) is 19.6 Å². The largest absolute Gasteiger partial charge is 0.358 e. The molecule has 1 aromatic carbocycles.